The van der Waals surface area contributed by atoms with Crippen LogP contribution >= 0.6 is 0 Å². The van der Waals surface area contributed by atoms with E-state index in [9.17, 15) is 4.79 Å². The van der Waals surface area contributed by atoms with E-state index in [2.05, 4.69) is 10.5 Å². The summed E-state index contributed by atoms with van der Waals surface area (Å²) < 4.78 is 4.87. The van der Waals surface area contributed by atoms with Crippen molar-refractivity contribution in [3.05, 3.63) is 17.5 Å². The fourth-order valence-corrected chi connectivity index (χ4v) is 1.17. The molecule has 3 N–H and O–H groups in total. The minimum atomic E-state index is -0.482. The third-order valence-electron chi connectivity index (χ3n) is 1.76. The molecular weight excluding hydrogens is 194 g/mol. The van der Waals surface area contributed by atoms with E-state index in [0.29, 0.717) is 13.0 Å². The first-order valence-corrected chi connectivity index (χ1v) is 4.84. The molecule has 5 heteroatoms. The number of hydrogen-bond acceptors (Lipinski definition) is 4. The van der Waals surface area contributed by atoms with E-state index in [1.54, 1.807) is 13.0 Å². The number of nitrogens with zero attached hydrogens (tertiary/aromatic N) is 1. The minimum Gasteiger partial charge on any atom is -0.361 e. The van der Waals surface area contributed by atoms with Crippen molar-refractivity contribution < 1.29 is 9.32 Å². The summed E-state index contributed by atoms with van der Waals surface area (Å²) in [5.74, 6) is 0.654. The van der Waals surface area contributed by atoms with Crippen LogP contribution in [0.3, 0.4) is 0 Å². The number of nitrogens with one attached hydrogen (secondary N) is 1. The molecule has 0 spiro atoms. The van der Waals surface area contributed by atoms with Gasteiger partial charge in [0.25, 0.3) is 0 Å². The zero-order valence-corrected chi connectivity index (χ0v) is 9.33. The Kier molecular flexibility index (Phi) is 3.47. The number of nitrogens with two attached hydrogens (primary N) is 1. The van der Waals surface area contributed by atoms with Gasteiger partial charge in [-0.2, -0.15) is 0 Å². The molecule has 0 bridgehead atoms. The maximum absolute atomic E-state index is 11.4. The lowest BCUT2D eigenvalue weighted by atomic mass is 10.0. The van der Waals surface area contributed by atoms with Gasteiger partial charge in [0.05, 0.1) is 6.54 Å². The number of rotatable bonds is 4. The molecule has 0 aliphatic carbocycles. The molecule has 0 aliphatic heterocycles. The Labute approximate surface area is 89.0 Å². The van der Waals surface area contributed by atoms with E-state index >= 15 is 0 Å². The molecule has 1 heterocycles. The van der Waals surface area contributed by atoms with Gasteiger partial charge in [-0.3, -0.25) is 4.79 Å². The van der Waals surface area contributed by atoms with Crippen LogP contribution in [0.4, 0.5) is 0 Å². The van der Waals surface area contributed by atoms with Gasteiger partial charge < -0.3 is 15.6 Å². The lowest BCUT2D eigenvalue weighted by molar-refractivity contribution is -0.122. The van der Waals surface area contributed by atoms with E-state index in [-0.39, 0.29) is 5.91 Å². The van der Waals surface area contributed by atoms with Crippen molar-refractivity contribution in [3.63, 3.8) is 0 Å². The maximum atomic E-state index is 11.4. The van der Waals surface area contributed by atoms with Crippen molar-refractivity contribution in [3.8, 4) is 0 Å². The predicted molar refractivity (Wildman–Crippen MR) is 56.0 cm³/mol. The number of hydrogen-bond donors (Lipinski definition) is 2. The van der Waals surface area contributed by atoms with Crippen molar-refractivity contribution >= 4 is 5.91 Å². The summed E-state index contributed by atoms with van der Waals surface area (Å²) in [5.41, 5.74) is 5.95. The fraction of sp³-hybridized carbons (Fsp3) is 0.600. The Morgan fingerprint density at radius 3 is 2.80 bits per heavy atom. The van der Waals surface area contributed by atoms with E-state index < -0.39 is 5.54 Å². The van der Waals surface area contributed by atoms with Crippen LogP contribution in [0.1, 0.15) is 31.7 Å². The molecule has 0 unspecified atom stereocenters. The summed E-state index contributed by atoms with van der Waals surface area (Å²) in [4.78, 5) is 11.4. The van der Waals surface area contributed by atoms with Gasteiger partial charge >= 0.3 is 0 Å². The Balaban J connectivity index is 2.35. The standard InChI is InChI=1S/C10H17N3O2/c1-7-4-8(13-15-7)6-12-9(14)5-10(2,3)11/h4H,5-6,11H2,1-3H3,(H,12,14). The van der Waals surface area contributed by atoms with Crippen LogP contribution in [0.25, 0.3) is 0 Å². The van der Waals surface area contributed by atoms with Gasteiger partial charge in [0, 0.05) is 18.0 Å². The summed E-state index contributed by atoms with van der Waals surface area (Å²) in [6, 6.07) is 1.79. The molecule has 0 saturated heterocycles. The van der Waals surface area contributed by atoms with Gasteiger partial charge in [0.2, 0.25) is 5.91 Å². The molecule has 0 fully saturated rings. The number of carbonyl (C=O) groups is 1. The van der Waals surface area contributed by atoms with Crippen molar-refractivity contribution in [2.24, 2.45) is 5.73 Å². The lowest BCUT2D eigenvalue weighted by Crippen LogP contribution is -2.38. The second-order valence-corrected chi connectivity index (χ2v) is 4.37. The largest absolute Gasteiger partial charge is 0.361 e. The Hall–Kier alpha value is -1.36. The van der Waals surface area contributed by atoms with E-state index in [0.717, 1.165) is 11.5 Å². The smallest absolute Gasteiger partial charge is 0.222 e. The number of aryl methyl sites for hydroxylation is 1. The second-order valence-electron chi connectivity index (χ2n) is 4.37. The highest BCUT2D eigenvalue weighted by Gasteiger charge is 2.16. The maximum Gasteiger partial charge on any atom is 0.222 e. The van der Waals surface area contributed by atoms with Crippen LogP contribution in [0.2, 0.25) is 0 Å². The summed E-state index contributed by atoms with van der Waals surface area (Å²) in [7, 11) is 0. The topological polar surface area (TPSA) is 81.2 Å². The minimum absolute atomic E-state index is 0.0804. The average Bonchev–Trinajstić information content (AvgIpc) is 2.45. The predicted octanol–water partition coefficient (Wildman–Crippen LogP) is 0.727. The van der Waals surface area contributed by atoms with Gasteiger partial charge in [-0.05, 0) is 20.8 Å². The number of carbonyl (C=O) groups excluding carboxylic acids is 1. The van der Waals surface area contributed by atoms with Crippen LogP contribution in [0.15, 0.2) is 10.6 Å². The van der Waals surface area contributed by atoms with E-state index in [1.165, 1.54) is 0 Å². The molecule has 0 atom stereocenters. The quantitative estimate of drug-likeness (QED) is 0.769. The van der Waals surface area contributed by atoms with Crippen LogP contribution in [0.5, 0.6) is 0 Å². The molecule has 84 valence electrons. The van der Waals surface area contributed by atoms with Crippen molar-refractivity contribution in [2.75, 3.05) is 0 Å². The number of amides is 1. The lowest BCUT2D eigenvalue weighted by Gasteiger charge is -2.17. The third-order valence-corrected chi connectivity index (χ3v) is 1.76. The summed E-state index contributed by atoms with van der Waals surface area (Å²) in [6.45, 7) is 5.81. The summed E-state index contributed by atoms with van der Waals surface area (Å²) in [6.07, 6.45) is 0.295. The van der Waals surface area contributed by atoms with E-state index in [1.807, 2.05) is 13.8 Å². The van der Waals surface area contributed by atoms with Gasteiger partial charge in [0.15, 0.2) is 0 Å². The zero-order chi connectivity index (χ0) is 11.5. The Morgan fingerprint density at radius 2 is 2.33 bits per heavy atom. The van der Waals surface area contributed by atoms with Crippen LogP contribution < -0.4 is 11.1 Å². The molecule has 1 aromatic heterocycles. The second kappa shape index (κ2) is 4.44. The molecule has 1 amide bonds. The molecule has 1 rings (SSSR count). The summed E-state index contributed by atoms with van der Waals surface area (Å²) >= 11 is 0. The van der Waals surface area contributed by atoms with Crippen LogP contribution in [-0.4, -0.2) is 16.6 Å². The van der Waals surface area contributed by atoms with Gasteiger partial charge in [0.1, 0.15) is 11.5 Å². The third kappa shape index (κ3) is 4.60. The normalized spacial score (nSPS) is 11.5. The van der Waals surface area contributed by atoms with E-state index in [4.69, 9.17) is 10.3 Å². The molecule has 0 saturated carbocycles. The SMILES string of the molecule is Cc1cc(CNC(=O)CC(C)(C)N)no1. The highest BCUT2D eigenvalue weighted by molar-refractivity contribution is 5.76. The molecule has 0 aromatic carbocycles. The van der Waals surface area contributed by atoms with Crippen molar-refractivity contribution in [1.82, 2.24) is 10.5 Å². The molecule has 0 radical (unpaired) electrons. The van der Waals surface area contributed by atoms with Crippen LogP contribution in [-0.2, 0) is 11.3 Å². The van der Waals surface area contributed by atoms with Gasteiger partial charge in [-0.25, -0.2) is 0 Å². The van der Waals surface area contributed by atoms with Crippen LogP contribution in [0, 0.1) is 6.92 Å². The molecule has 0 aliphatic rings. The van der Waals surface area contributed by atoms with Gasteiger partial charge in [-0.15, -0.1) is 0 Å². The zero-order valence-electron chi connectivity index (χ0n) is 9.33. The van der Waals surface area contributed by atoms with Crippen molar-refractivity contribution in [1.29, 1.82) is 0 Å². The van der Waals surface area contributed by atoms with Gasteiger partial charge in [-0.1, -0.05) is 5.16 Å². The first-order valence-electron chi connectivity index (χ1n) is 4.84. The molecule has 5 nitrogen and oxygen atoms in total. The first kappa shape index (κ1) is 11.7. The Bertz CT molecular complexity index is 339. The summed E-state index contributed by atoms with van der Waals surface area (Å²) in [5, 5.41) is 6.49. The first-order chi connectivity index (χ1) is 6.87. The Morgan fingerprint density at radius 1 is 1.67 bits per heavy atom. The molecule has 1 aromatic rings. The molecular formula is C10H17N3O2. The monoisotopic (exact) mass is 211 g/mol. The highest BCUT2D eigenvalue weighted by Crippen LogP contribution is 2.04. The highest BCUT2D eigenvalue weighted by atomic mass is 16.5. The number of aromatic nitrogens is 1. The van der Waals surface area contributed by atoms with Crippen molar-refractivity contribution in [2.45, 2.75) is 39.3 Å². The molecule has 15 heavy (non-hydrogen) atoms. The average molecular weight is 211 g/mol. The fourth-order valence-electron chi connectivity index (χ4n) is 1.17.